The summed E-state index contributed by atoms with van der Waals surface area (Å²) in [6, 6.07) is 4.03. The number of carbonyl (C=O) groups is 1. The summed E-state index contributed by atoms with van der Waals surface area (Å²) in [5.41, 5.74) is 4.50. The number of anilines is 1. The summed E-state index contributed by atoms with van der Waals surface area (Å²) in [6.07, 6.45) is 7.48. The molecule has 3 rings (SSSR count). The quantitative estimate of drug-likeness (QED) is 0.458. The van der Waals surface area contributed by atoms with Crippen LogP contribution in [0.4, 0.5) is 5.69 Å². The van der Waals surface area contributed by atoms with Crippen molar-refractivity contribution in [3.63, 3.8) is 0 Å². The third-order valence-electron chi connectivity index (χ3n) is 4.77. The monoisotopic (exact) mass is 378 g/mol. The summed E-state index contributed by atoms with van der Waals surface area (Å²) in [4.78, 5) is 27.9. The van der Waals surface area contributed by atoms with Gasteiger partial charge >= 0.3 is 0 Å². The van der Waals surface area contributed by atoms with Crippen LogP contribution in [0.5, 0.6) is 0 Å². The standard InChI is InChI=1S/C21H26N6O/c1-5-17(21(28)26-15-6-9-27(4)13-15)19(12-22-3)25-16-10-14(2)20-18(11-16)23-7-8-24-20/h5,7-8,10-12,15,25H,1,6,9,13H2,2-4H3,(H,26,28)/b19-17-,22-12?. The van der Waals surface area contributed by atoms with Crippen molar-refractivity contribution in [2.24, 2.45) is 4.99 Å². The fourth-order valence-electron chi connectivity index (χ4n) is 3.42. The Balaban J connectivity index is 1.90. The first-order valence-corrected chi connectivity index (χ1v) is 9.28. The van der Waals surface area contributed by atoms with E-state index in [1.54, 1.807) is 31.7 Å². The van der Waals surface area contributed by atoms with E-state index in [9.17, 15) is 4.79 Å². The zero-order valence-corrected chi connectivity index (χ0v) is 16.6. The second kappa shape index (κ2) is 8.75. The molecule has 1 atom stereocenters. The second-order valence-electron chi connectivity index (χ2n) is 6.98. The van der Waals surface area contributed by atoms with Gasteiger partial charge in [-0.05, 0) is 44.6 Å². The molecule has 1 aliphatic heterocycles. The zero-order valence-electron chi connectivity index (χ0n) is 16.6. The van der Waals surface area contributed by atoms with E-state index < -0.39 is 0 Å². The minimum atomic E-state index is -0.157. The molecule has 0 aliphatic carbocycles. The maximum Gasteiger partial charge on any atom is 0.253 e. The van der Waals surface area contributed by atoms with E-state index in [1.165, 1.54) is 0 Å². The van der Waals surface area contributed by atoms with Crippen LogP contribution in [0.1, 0.15) is 12.0 Å². The van der Waals surface area contributed by atoms with Crippen molar-refractivity contribution in [1.29, 1.82) is 0 Å². The Bertz CT molecular complexity index is 949. The van der Waals surface area contributed by atoms with Crippen molar-refractivity contribution in [2.45, 2.75) is 19.4 Å². The van der Waals surface area contributed by atoms with Crippen LogP contribution in [-0.2, 0) is 4.79 Å². The van der Waals surface area contributed by atoms with Crippen LogP contribution in [0.25, 0.3) is 11.0 Å². The van der Waals surface area contributed by atoms with Crippen molar-refractivity contribution in [3.8, 4) is 0 Å². The second-order valence-corrected chi connectivity index (χ2v) is 6.98. The summed E-state index contributed by atoms with van der Waals surface area (Å²) in [7, 11) is 3.72. The molecule has 1 amide bonds. The Morgan fingerprint density at radius 3 is 2.82 bits per heavy atom. The molecule has 0 spiro atoms. The average Bonchev–Trinajstić information content (AvgIpc) is 3.07. The maximum absolute atomic E-state index is 12.8. The van der Waals surface area contributed by atoms with Crippen LogP contribution >= 0.6 is 0 Å². The van der Waals surface area contributed by atoms with Crippen molar-refractivity contribution >= 4 is 28.8 Å². The van der Waals surface area contributed by atoms with Gasteiger partial charge in [0.1, 0.15) is 0 Å². The predicted molar refractivity (Wildman–Crippen MR) is 114 cm³/mol. The number of likely N-dealkylation sites (tertiary alicyclic amines) is 1. The largest absolute Gasteiger partial charge is 0.354 e. The average molecular weight is 378 g/mol. The lowest BCUT2D eigenvalue weighted by atomic mass is 10.1. The van der Waals surface area contributed by atoms with Crippen LogP contribution in [0, 0.1) is 6.92 Å². The van der Waals surface area contributed by atoms with Gasteiger partial charge in [-0.1, -0.05) is 12.7 Å². The molecule has 28 heavy (non-hydrogen) atoms. The molecule has 1 aromatic carbocycles. The summed E-state index contributed by atoms with van der Waals surface area (Å²) < 4.78 is 0. The first kappa shape index (κ1) is 19.7. The summed E-state index contributed by atoms with van der Waals surface area (Å²) >= 11 is 0. The number of likely N-dealkylation sites (N-methyl/N-ethyl adjacent to an activating group) is 1. The van der Waals surface area contributed by atoms with E-state index >= 15 is 0 Å². The number of nitrogens with one attached hydrogen (secondary N) is 2. The lowest BCUT2D eigenvalue weighted by Gasteiger charge is -2.16. The third-order valence-corrected chi connectivity index (χ3v) is 4.77. The molecule has 0 bridgehead atoms. The Morgan fingerprint density at radius 2 is 2.14 bits per heavy atom. The van der Waals surface area contributed by atoms with E-state index in [0.717, 1.165) is 41.8 Å². The Morgan fingerprint density at radius 1 is 1.36 bits per heavy atom. The summed E-state index contributed by atoms with van der Waals surface area (Å²) in [6.45, 7) is 7.65. The van der Waals surface area contributed by atoms with Crippen LogP contribution < -0.4 is 10.6 Å². The van der Waals surface area contributed by atoms with Crippen LogP contribution in [0.15, 0.2) is 53.4 Å². The Hall–Kier alpha value is -3.06. The molecule has 1 aliphatic rings. The molecule has 1 fully saturated rings. The lowest BCUT2D eigenvalue weighted by Crippen LogP contribution is -2.37. The van der Waals surface area contributed by atoms with Crippen LogP contribution in [-0.4, -0.2) is 60.2 Å². The number of fused-ring (bicyclic) bond motifs is 1. The number of aliphatic imine (C=N–C) groups is 1. The third kappa shape index (κ3) is 4.43. The predicted octanol–water partition coefficient (Wildman–Crippen LogP) is 2.31. The highest BCUT2D eigenvalue weighted by atomic mass is 16.1. The van der Waals surface area contributed by atoms with Gasteiger partial charge in [0.2, 0.25) is 0 Å². The fourth-order valence-corrected chi connectivity index (χ4v) is 3.42. The van der Waals surface area contributed by atoms with Crippen LogP contribution in [0.3, 0.4) is 0 Å². The van der Waals surface area contributed by atoms with Crippen molar-refractivity contribution in [3.05, 3.63) is 54.0 Å². The van der Waals surface area contributed by atoms with E-state index in [0.29, 0.717) is 11.3 Å². The zero-order chi connectivity index (χ0) is 20.1. The van der Waals surface area contributed by atoms with Gasteiger partial charge in [0.05, 0.1) is 22.3 Å². The van der Waals surface area contributed by atoms with E-state index in [2.05, 4.69) is 44.1 Å². The number of carbonyl (C=O) groups excluding carboxylic acids is 1. The van der Waals surface area contributed by atoms with Gasteiger partial charge in [-0.25, -0.2) is 0 Å². The summed E-state index contributed by atoms with van der Waals surface area (Å²) in [5, 5.41) is 6.39. The van der Waals surface area contributed by atoms with Crippen LogP contribution in [0.2, 0.25) is 0 Å². The number of benzene rings is 1. The molecular formula is C21H26N6O. The number of amides is 1. The normalized spacial score (nSPS) is 18.3. The molecule has 2 aromatic rings. The van der Waals surface area contributed by atoms with Gasteiger partial charge in [-0.3, -0.25) is 19.8 Å². The smallest absolute Gasteiger partial charge is 0.253 e. The van der Waals surface area contributed by atoms with Crippen molar-refractivity contribution < 1.29 is 4.79 Å². The SMILES string of the molecule is C=C/C(C(=O)NC1CCN(C)C1)=C(\C=NC)Nc1cc(C)c2nccnc2c1. The van der Waals surface area contributed by atoms with E-state index in [-0.39, 0.29) is 11.9 Å². The topological polar surface area (TPSA) is 82.5 Å². The molecule has 0 radical (unpaired) electrons. The molecule has 1 unspecified atom stereocenters. The Kier molecular flexibility index (Phi) is 6.16. The van der Waals surface area contributed by atoms with Gasteiger partial charge in [-0.15, -0.1) is 0 Å². The minimum Gasteiger partial charge on any atom is -0.354 e. The number of nitrogens with zero attached hydrogens (tertiary/aromatic N) is 4. The first-order valence-electron chi connectivity index (χ1n) is 9.28. The molecular weight excluding hydrogens is 352 g/mol. The Labute approximate surface area is 165 Å². The number of rotatable bonds is 6. The molecule has 7 nitrogen and oxygen atoms in total. The van der Waals surface area contributed by atoms with Gasteiger partial charge in [0, 0.05) is 43.9 Å². The van der Waals surface area contributed by atoms with E-state index in [4.69, 9.17) is 0 Å². The number of hydrogen-bond donors (Lipinski definition) is 2. The molecule has 1 saturated heterocycles. The highest BCUT2D eigenvalue weighted by Gasteiger charge is 2.23. The fraction of sp³-hybridized carbons (Fsp3) is 0.333. The highest BCUT2D eigenvalue weighted by molar-refractivity contribution is 6.03. The van der Waals surface area contributed by atoms with Gasteiger partial charge < -0.3 is 15.5 Å². The molecule has 146 valence electrons. The van der Waals surface area contributed by atoms with Crippen molar-refractivity contribution in [1.82, 2.24) is 20.2 Å². The number of allylic oxidation sites excluding steroid dienone is 1. The number of aromatic nitrogens is 2. The van der Waals surface area contributed by atoms with Gasteiger partial charge in [0.15, 0.2) is 0 Å². The van der Waals surface area contributed by atoms with Crippen molar-refractivity contribution in [2.75, 3.05) is 32.5 Å². The maximum atomic E-state index is 12.8. The number of hydrogen-bond acceptors (Lipinski definition) is 6. The molecule has 7 heteroatoms. The molecule has 2 N–H and O–H groups in total. The molecule has 2 heterocycles. The first-order chi connectivity index (χ1) is 13.5. The van der Waals surface area contributed by atoms with Gasteiger partial charge in [0.25, 0.3) is 5.91 Å². The van der Waals surface area contributed by atoms with E-state index in [1.807, 2.05) is 19.1 Å². The number of aryl methyl sites for hydroxylation is 1. The van der Waals surface area contributed by atoms with Gasteiger partial charge in [-0.2, -0.15) is 0 Å². The summed E-state index contributed by atoms with van der Waals surface area (Å²) in [5.74, 6) is -0.157. The molecule has 0 saturated carbocycles. The molecule has 1 aromatic heterocycles. The minimum absolute atomic E-state index is 0.144. The lowest BCUT2D eigenvalue weighted by molar-refractivity contribution is -0.117. The highest BCUT2D eigenvalue weighted by Crippen LogP contribution is 2.22.